The number of anilines is 1. The van der Waals surface area contributed by atoms with Crippen LogP contribution >= 0.6 is 23.1 Å². The number of amides is 1. The third kappa shape index (κ3) is 7.32. The third-order valence-electron chi connectivity index (χ3n) is 7.20. The molecule has 1 atom stereocenters. The molecule has 1 amide bonds. The van der Waals surface area contributed by atoms with E-state index in [1.54, 1.807) is 42.5 Å². The molecule has 234 valence electrons. The van der Waals surface area contributed by atoms with E-state index in [0.717, 1.165) is 24.8 Å². The van der Waals surface area contributed by atoms with Crippen LogP contribution in [0.2, 0.25) is 0 Å². The molecular formula is C34H35N3O6S2. The number of rotatable bonds is 14. The first-order valence-electron chi connectivity index (χ1n) is 14.8. The molecule has 1 saturated heterocycles. The molecule has 3 aromatic carbocycles. The number of aliphatic hydroxyl groups is 1. The SMILES string of the molecule is CCCCCOc1ccc(C2/C(=C(/O)c3ccc(OCC)cc3)C(=O)C(=O)N2c2nnc(SCc3ccccc3)s2)cc1OC. The Bertz CT molecular complexity index is 1660. The number of carbonyl (C=O) groups excluding carboxylic acids is 2. The van der Waals surface area contributed by atoms with E-state index < -0.39 is 17.7 Å². The minimum absolute atomic E-state index is 0.0588. The number of thioether (sulfide) groups is 1. The summed E-state index contributed by atoms with van der Waals surface area (Å²) in [5, 5.41) is 20.4. The summed E-state index contributed by atoms with van der Waals surface area (Å²) in [5.74, 6) is 0.377. The molecule has 1 aliphatic heterocycles. The van der Waals surface area contributed by atoms with Crippen molar-refractivity contribution in [2.24, 2.45) is 0 Å². The predicted octanol–water partition coefficient (Wildman–Crippen LogP) is 7.43. The lowest BCUT2D eigenvalue weighted by Gasteiger charge is -2.23. The van der Waals surface area contributed by atoms with Crippen LogP contribution in [0.5, 0.6) is 17.2 Å². The number of carbonyl (C=O) groups is 2. The maximum atomic E-state index is 13.7. The lowest BCUT2D eigenvalue weighted by molar-refractivity contribution is -0.132. The minimum atomic E-state index is -0.987. The van der Waals surface area contributed by atoms with Gasteiger partial charge in [-0.1, -0.05) is 79.3 Å². The largest absolute Gasteiger partial charge is 0.507 e. The number of methoxy groups -OCH3 is 1. The molecule has 0 bridgehead atoms. The van der Waals surface area contributed by atoms with Gasteiger partial charge in [-0.15, -0.1) is 10.2 Å². The monoisotopic (exact) mass is 645 g/mol. The smallest absolute Gasteiger partial charge is 0.301 e. The molecule has 1 aliphatic rings. The average Bonchev–Trinajstić information content (AvgIpc) is 3.64. The van der Waals surface area contributed by atoms with Gasteiger partial charge in [0, 0.05) is 11.3 Å². The standard InChI is InChI=1S/C34H35N3O6S2/c1-4-6-10-19-43-26-18-15-24(20-27(26)41-3)29-28(30(38)23-13-16-25(17-14-23)42-5-2)31(39)32(40)37(29)33-35-36-34(45-33)44-21-22-11-8-7-9-12-22/h7-9,11-18,20,29,38H,4-6,10,19,21H2,1-3H3/b30-28-. The van der Waals surface area contributed by atoms with Crippen molar-refractivity contribution < 1.29 is 28.9 Å². The maximum absolute atomic E-state index is 13.7. The van der Waals surface area contributed by atoms with E-state index in [0.29, 0.717) is 51.7 Å². The van der Waals surface area contributed by atoms with E-state index in [-0.39, 0.29) is 16.5 Å². The Morgan fingerprint density at radius 3 is 2.44 bits per heavy atom. The summed E-state index contributed by atoms with van der Waals surface area (Å²) >= 11 is 2.71. The van der Waals surface area contributed by atoms with Gasteiger partial charge in [-0.25, -0.2) is 0 Å². The fourth-order valence-electron chi connectivity index (χ4n) is 4.96. The summed E-state index contributed by atoms with van der Waals surface area (Å²) in [6.45, 7) is 5.03. The zero-order chi connectivity index (χ0) is 31.8. The van der Waals surface area contributed by atoms with Gasteiger partial charge in [-0.2, -0.15) is 0 Å². The molecular weight excluding hydrogens is 611 g/mol. The second kappa shape index (κ2) is 15.1. The molecule has 0 radical (unpaired) electrons. The molecule has 4 aromatic rings. The highest BCUT2D eigenvalue weighted by atomic mass is 32.2. The number of Topliss-reactive ketones (excluding diaryl/α,β-unsaturated/α-hetero) is 1. The first-order valence-corrected chi connectivity index (χ1v) is 16.6. The van der Waals surface area contributed by atoms with Crippen LogP contribution in [-0.4, -0.2) is 47.3 Å². The van der Waals surface area contributed by atoms with Crippen LogP contribution in [0, 0.1) is 0 Å². The van der Waals surface area contributed by atoms with Crippen molar-refractivity contribution in [3.05, 3.63) is 95.1 Å². The van der Waals surface area contributed by atoms with Gasteiger partial charge in [0.05, 0.1) is 31.9 Å². The Morgan fingerprint density at radius 1 is 0.956 bits per heavy atom. The summed E-state index contributed by atoms with van der Waals surface area (Å²) in [7, 11) is 1.54. The number of benzene rings is 3. The van der Waals surface area contributed by atoms with Crippen LogP contribution in [0.1, 0.15) is 55.8 Å². The van der Waals surface area contributed by atoms with Crippen molar-refractivity contribution in [2.75, 3.05) is 25.2 Å². The van der Waals surface area contributed by atoms with E-state index in [1.165, 1.54) is 35.1 Å². The van der Waals surface area contributed by atoms with Gasteiger partial charge < -0.3 is 19.3 Å². The Kier molecular flexibility index (Phi) is 10.7. The molecule has 2 heterocycles. The topological polar surface area (TPSA) is 111 Å². The van der Waals surface area contributed by atoms with Crippen LogP contribution < -0.4 is 19.1 Å². The highest BCUT2D eigenvalue weighted by Crippen LogP contribution is 2.45. The van der Waals surface area contributed by atoms with Gasteiger partial charge in [0.25, 0.3) is 5.78 Å². The highest BCUT2D eigenvalue weighted by Gasteiger charge is 2.48. The van der Waals surface area contributed by atoms with E-state index in [9.17, 15) is 14.7 Å². The van der Waals surface area contributed by atoms with Crippen molar-refractivity contribution in [3.63, 3.8) is 0 Å². The maximum Gasteiger partial charge on any atom is 0.301 e. The Balaban J connectivity index is 1.54. The second-order valence-electron chi connectivity index (χ2n) is 10.2. The molecule has 11 heteroatoms. The summed E-state index contributed by atoms with van der Waals surface area (Å²) in [4.78, 5) is 28.6. The summed E-state index contributed by atoms with van der Waals surface area (Å²) in [6, 6.07) is 21.0. The summed E-state index contributed by atoms with van der Waals surface area (Å²) in [6.07, 6.45) is 3.03. The molecule has 0 spiro atoms. The van der Waals surface area contributed by atoms with E-state index >= 15 is 0 Å². The summed E-state index contributed by atoms with van der Waals surface area (Å²) < 4.78 is 17.8. The number of ether oxygens (including phenoxy) is 3. The van der Waals surface area contributed by atoms with Crippen molar-refractivity contribution >= 4 is 45.7 Å². The van der Waals surface area contributed by atoms with E-state index in [4.69, 9.17) is 14.2 Å². The van der Waals surface area contributed by atoms with Crippen molar-refractivity contribution in [1.82, 2.24) is 10.2 Å². The molecule has 1 fully saturated rings. The van der Waals surface area contributed by atoms with Crippen molar-refractivity contribution in [1.29, 1.82) is 0 Å². The van der Waals surface area contributed by atoms with Gasteiger partial charge in [0.2, 0.25) is 5.13 Å². The Morgan fingerprint density at radius 2 is 1.73 bits per heavy atom. The first kappa shape index (κ1) is 32.1. The van der Waals surface area contributed by atoms with Crippen LogP contribution in [0.25, 0.3) is 5.76 Å². The average molecular weight is 646 g/mol. The van der Waals surface area contributed by atoms with E-state index in [1.807, 2.05) is 37.3 Å². The minimum Gasteiger partial charge on any atom is -0.507 e. The molecule has 0 saturated carbocycles. The van der Waals surface area contributed by atoms with Gasteiger partial charge in [-0.3, -0.25) is 14.5 Å². The number of aromatic nitrogens is 2. The van der Waals surface area contributed by atoms with Gasteiger partial charge in [0.1, 0.15) is 11.5 Å². The zero-order valence-corrected chi connectivity index (χ0v) is 27.0. The fourth-order valence-corrected chi connectivity index (χ4v) is 6.79. The fraction of sp³-hybridized carbons (Fsp3) is 0.294. The van der Waals surface area contributed by atoms with Crippen LogP contribution in [0.15, 0.2) is 82.7 Å². The van der Waals surface area contributed by atoms with Gasteiger partial charge >= 0.3 is 5.91 Å². The second-order valence-corrected chi connectivity index (χ2v) is 12.4. The molecule has 9 nitrogen and oxygen atoms in total. The van der Waals surface area contributed by atoms with Crippen LogP contribution in [-0.2, 0) is 15.3 Å². The lowest BCUT2D eigenvalue weighted by atomic mass is 9.95. The third-order valence-corrected chi connectivity index (χ3v) is 9.33. The number of aliphatic hydroxyl groups excluding tert-OH is 1. The van der Waals surface area contributed by atoms with E-state index in [2.05, 4.69) is 17.1 Å². The Labute approximate surface area is 270 Å². The highest BCUT2D eigenvalue weighted by molar-refractivity contribution is 8.00. The molecule has 1 aromatic heterocycles. The number of hydrogen-bond acceptors (Lipinski definition) is 10. The number of unbranched alkanes of at least 4 members (excludes halogenated alkanes) is 2. The van der Waals surface area contributed by atoms with Crippen LogP contribution in [0.4, 0.5) is 5.13 Å². The van der Waals surface area contributed by atoms with Gasteiger partial charge in [-0.05, 0) is 60.9 Å². The zero-order valence-electron chi connectivity index (χ0n) is 25.4. The van der Waals surface area contributed by atoms with Crippen LogP contribution in [0.3, 0.4) is 0 Å². The number of nitrogens with zero attached hydrogens (tertiary/aromatic N) is 3. The van der Waals surface area contributed by atoms with Crippen molar-refractivity contribution in [2.45, 2.75) is 49.2 Å². The predicted molar refractivity (Wildman–Crippen MR) is 176 cm³/mol. The summed E-state index contributed by atoms with van der Waals surface area (Å²) in [5.41, 5.74) is 1.99. The normalized spacial score (nSPS) is 15.8. The molecule has 1 N–H and O–H groups in total. The quantitative estimate of drug-likeness (QED) is 0.0374. The first-order chi connectivity index (χ1) is 21.9. The number of hydrogen-bond donors (Lipinski definition) is 1. The molecule has 45 heavy (non-hydrogen) atoms. The molecule has 5 rings (SSSR count). The lowest BCUT2D eigenvalue weighted by Crippen LogP contribution is -2.29. The number of ketones is 1. The van der Waals surface area contributed by atoms with Gasteiger partial charge in [0.15, 0.2) is 15.8 Å². The molecule has 1 unspecified atom stereocenters. The molecule has 0 aliphatic carbocycles. The Hall–Kier alpha value is -4.35. The van der Waals surface area contributed by atoms with Crippen molar-refractivity contribution in [3.8, 4) is 17.2 Å².